The van der Waals surface area contributed by atoms with Gasteiger partial charge in [-0.25, -0.2) is 4.39 Å². The number of hydrogen-bond donors (Lipinski definition) is 1. The Labute approximate surface area is 65.3 Å². The van der Waals surface area contributed by atoms with Crippen molar-refractivity contribution in [3.8, 4) is 0 Å². The van der Waals surface area contributed by atoms with E-state index in [0.717, 1.165) is 5.56 Å². The summed E-state index contributed by atoms with van der Waals surface area (Å²) >= 11 is 0. The van der Waals surface area contributed by atoms with Gasteiger partial charge in [0.25, 0.3) is 0 Å². The van der Waals surface area contributed by atoms with Crippen LogP contribution in [0.3, 0.4) is 0 Å². The van der Waals surface area contributed by atoms with E-state index in [9.17, 15) is 4.39 Å². The largest absolute Gasteiger partial charge is 0.330 e. The molecule has 0 aromatic carbocycles. The average Bonchev–Trinajstić information content (AvgIpc) is 2.03. The van der Waals surface area contributed by atoms with E-state index >= 15 is 0 Å². The van der Waals surface area contributed by atoms with Crippen LogP contribution in [0.1, 0.15) is 18.4 Å². The first kappa shape index (κ1) is 8.14. The summed E-state index contributed by atoms with van der Waals surface area (Å²) in [5.74, 6) is -0.124. The van der Waals surface area contributed by atoms with Crippen LogP contribution in [0.4, 0.5) is 4.39 Å². The maximum Gasteiger partial charge on any atom is 0.141 e. The zero-order valence-corrected chi connectivity index (χ0v) is 6.42. The van der Waals surface area contributed by atoms with Crippen molar-refractivity contribution >= 4 is 0 Å². The summed E-state index contributed by atoms with van der Waals surface area (Å²) in [5, 5.41) is 0. The van der Waals surface area contributed by atoms with Crippen molar-refractivity contribution in [1.82, 2.24) is 4.98 Å². The fourth-order valence-electron chi connectivity index (χ4n) is 0.834. The van der Waals surface area contributed by atoms with Crippen molar-refractivity contribution in [3.63, 3.8) is 0 Å². The predicted molar refractivity (Wildman–Crippen MR) is 41.7 cm³/mol. The maximum absolute atomic E-state index is 12.6. The molecule has 1 rings (SSSR count). The molecule has 3 heteroatoms. The van der Waals surface area contributed by atoms with Crippen LogP contribution < -0.4 is 5.73 Å². The fraction of sp³-hybridized carbons (Fsp3) is 0.375. The van der Waals surface area contributed by atoms with Gasteiger partial charge in [-0.15, -0.1) is 0 Å². The summed E-state index contributed by atoms with van der Waals surface area (Å²) in [6.07, 6.45) is 2.83. The standard InChI is InChI=1S/C8H11FN2/c1-6(3-10)7-2-8(9)5-11-4-7/h2,4-6H,3,10H2,1H3/t6-/m0/s1. The molecule has 0 spiro atoms. The second-order valence-electron chi connectivity index (χ2n) is 2.57. The van der Waals surface area contributed by atoms with Gasteiger partial charge in [0.15, 0.2) is 0 Å². The Morgan fingerprint density at radius 3 is 2.91 bits per heavy atom. The van der Waals surface area contributed by atoms with Crippen molar-refractivity contribution in [2.75, 3.05) is 6.54 Å². The Bertz CT molecular complexity index is 237. The molecule has 1 aromatic heterocycles. The van der Waals surface area contributed by atoms with E-state index in [1.165, 1.54) is 12.3 Å². The lowest BCUT2D eigenvalue weighted by Crippen LogP contribution is -2.09. The molecule has 0 radical (unpaired) electrons. The Kier molecular flexibility index (Phi) is 2.54. The number of pyridine rings is 1. The second kappa shape index (κ2) is 3.44. The van der Waals surface area contributed by atoms with Crippen LogP contribution in [0, 0.1) is 5.82 Å². The van der Waals surface area contributed by atoms with Crippen molar-refractivity contribution in [2.24, 2.45) is 5.73 Å². The molecule has 2 nitrogen and oxygen atoms in total. The zero-order chi connectivity index (χ0) is 8.27. The molecule has 0 saturated heterocycles. The van der Waals surface area contributed by atoms with Gasteiger partial charge >= 0.3 is 0 Å². The van der Waals surface area contributed by atoms with Gasteiger partial charge in [0.05, 0.1) is 6.20 Å². The maximum atomic E-state index is 12.6. The number of hydrogen-bond acceptors (Lipinski definition) is 2. The average molecular weight is 154 g/mol. The third-order valence-electron chi connectivity index (χ3n) is 1.65. The summed E-state index contributed by atoms with van der Waals surface area (Å²) in [4.78, 5) is 3.72. The molecule has 0 fully saturated rings. The summed E-state index contributed by atoms with van der Waals surface area (Å²) in [6, 6.07) is 1.46. The molecule has 1 atom stereocenters. The molecule has 0 saturated carbocycles. The van der Waals surface area contributed by atoms with Gasteiger partial charge in [-0.3, -0.25) is 4.98 Å². The van der Waals surface area contributed by atoms with Crippen LogP contribution in [0.2, 0.25) is 0 Å². The lowest BCUT2D eigenvalue weighted by molar-refractivity contribution is 0.614. The van der Waals surface area contributed by atoms with Crippen molar-refractivity contribution in [1.29, 1.82) is 0 Å². The highest BCUT2D eigenvalue weighted by atomic mass is 19.1. The predicted octanol–water partition coefficient (Wildman–Crippen LogP) is 1.28. The topological polar surface area (TPSA) is 38.9 Å². The minimum absolute atomic E-state index is 0.179. The molecule has 0 unspecified atom stereocenters. The molecular weight excluding hydrogens is 143 g/mol. The molecule has 0 bridgehead atoms. The summed E-state index contributed by atoms with van der Waals surface area (Å²) < 4.78 is 12.6. The summed E-state index contributed by atoms with van der Waals surface area (Å²) in [7, 11) is 0. The van der Waals surface area contributed by atoms with E-state index in [1.54, 1.807) is 6.20 Å². The van der Waals surface area contributed by atoms with Crippen LogP contribution >= 0.6 is 0 Å². The van der Waals surface area contributed by atoms with Crippen LogP contribution in [0.15, 0.2) is 18.5 Å². The monoisotopic (exact) mass is 154 g/mol. The molecule has 1 aromatic rings. The molecule has 60 valence electrons. The quantitative estimate of drug-likeness (QED) is 0.697. The van der Waals surface area contributed by atoms with Crippen LogP contribution in [0.5, 0.6) is 0 Å². The Morgan fingerprint density at radius 1 is 1.64 bits per heavy atom. The van der Waals surface area contributed by atoms with E-state index in [0.29, 0.717) is 6.54 Å². The van der Waals surface area contributed by atoms with Gasteiger partial charge in [0.2, 0.25) is 0 Å². The van der Waals surface area contributed by atoms with Crippen LogP contribution in [-0.2, 0) is 0 Å². The van der Waals surface area contributed by atoms with Crippen molar-refractivity contribution < 1.29 is 4.39 Å². The Balaban J connectivity index is 2.86. The van der Waals surface area contributed by atoms with Gasteiger partial charge in [-0.1, -0.05) is 6.92 Å². The smallest absolute Gasteiger partial charge is 0.141 e. The number of aromatic nitrogens is 1. The highest BCUT2D eigenvalue weighted by molar-refractivity contribution is 5.14. The number of nitrogens with two attached hydrogens (primary N) is 1. The van der Waals surface area contributed by atoms with Gasteiger partial charge in [-0.05, 0) is 24.1 Å². The summed E-state index contributed by atoms with van der Waals surface area (Å²) in [6.45, 7) is 2.46. The number of rotatable bonds is 2. The minimum Gasteiger partial charge on any atom is -0.330 e. The first-order valence-corrected chi connectivity index (χ1v) is 3.54. The van der Waals surface area contributed by atoms with E-state index in [2.05, 4.69) is 4.98 Å². The molecule has 0 amide bonds. The molecule has 1 heterocycles. The SMILES string of the molecule is C[C@@H](CN)c1cncc(F)c1. The van der Waals surface area contributed by atoms with E-state index in [1.807, 2.05) is 6.92 Å². The highest BCUT2D eigenvalue weighted by Gasteiger charge is 2.03. The summed E-state index contributed by atoms with van der Waals surface area (Å²) in [5.41, 5.74) is 6.26. The van der Waals surface area contributed by atoms with Gasteiger partial charge < -0.3 is 5.73 Å². The van der Waals surface area contributed by atoms with Crippen LogP contribution in [-0.4, -0.2) is 11.5 Å². The zero-order valence-electron chi connectivity index (χ0n) is 6.42. The highest BCUT2D eigenvalue weighted by Crippen LogP contribution is 2.12. The Hall–Kier alpha value is -0.960. The van der Waals surface area contributed by atoms with E-state index in [-0.39, 0.29) is 11.7 Å². The molecule has 2 N–H and O–H groups in total. The van der Waals surface area contributed by atoms with Crippen LogP contribution in [0.25, 0.3) is 0 Å². The van der Waals surface area contributed by atoms with Gasteiger partial charge in [0, 0.05) is 6.20 Å². The first-order chi connectivity index (χ1) is 5.24. The normalized spacial score (nSPS) is 13.0. The Morgan fingerprint density at radius 2 is 2.36 bits per heavy atom. The molecule has 0 aliphatic rings. The van der Waals surface area contributed by atoms with Crippen molar-refractivity contribution in [3.05, 3.63) is 29.8 Å². The van der Waals surface area contributed by atoms with Gasteiger partial charge in [-0.2, -0.15) is 0 Å². The van der Waals surface area contributed by atoms with E-state index in [4.69, 9.17) is 5.73 Å². The van der Waals surface area contributed by atoms with Gasteiger partial charge in [0.1, 0.15) is 5.82 Å². The molecule has 11 heavy (non-hydrogen) atoms. The van der Waals surface area contributed by atoms with E-state index < -0.39 is 0 Å². The minimum atomic E-state index is -0.303. The number of nitrogens with zero attached hydrogens (tertiary/aromatic N) is 1. The van der Waals surface area contributed by atoms with Crippen molar-refractivity contribution in [2.45, 2.75) is 12.8 Å². The third-order valence-corrected chi connectivity index (χ3v) is 1.65. The second-order valence-corrected chi connectivity index (χ2v) is 2.57. The lowest BCUT2D eigenvalue weighted by atomic mass is 10.0. The third kappa shape index (κ3) is 1.98. The molecular formula is C8H11FN2. The molecule has 0 aliphatic heterocycles. The first-order valence-electron chi connectivity index (χ1n) is 3.54. The molecule has 0 aliphatic carbocycles. The lowest BCUT2D eigenvalue weighted by Gasteiger charge is -2.06. The number of halogens is 1. The fourth-order valence-corrected chi connectivity index (χ4v) is 0.834.